The predicted molar refractivity (Wildman–Crippen MR) is 60.5 cm³/mol. The lowest BCUT2D eigenvalue weighted by atomic mass is 10.1. The highest BCUT2D eigenvalue weighted by atomic mass is 35.5. The minimum absolute atomic E-state index is 0.0906. The summed E-state index contributed by atoms with van der Waals surface area (Å²) in [6.45, 7) is 1.69. The second kappa shape index (κ2) is 5.63. The molecule has 0 aliphatic heterocycles. The van der Waals surface area contributed by atoms with Crippen LogP contribution in [0.4, 0.5) is 4.39 Å². The van der Waals surface area contributed by atoms with E-state index in [-0.39, 0.29) is 18.8 Å². The van der Waals surface area contributed by atoms with Gasteiger partial charge in [-0.1, -0.05) is 11.6 Å². The van der Waals surface area contributed by atoms with Gasteiger partial charge in [0.2, 0.25) is 0 Å². The summed E-state index contributed by atoms with van der Waals surface area (Å²) in [6, 6.07) is 2.77. The van der Waals surface area contributed by atoms with Gasteiger partial charge in [-0.25, -0.2) is 9.18 Å². The van der Waals surface area contributed by atoms with Gasteiger partial charge in [0.25, 0.3) is 0 Å². The van der Waals surface area contributed by atoms with Crippen LogP contribution < -0.4 is 5.32 Å². The van der Waals surface area contributed by atoms with Crippen LogP contribution in [0.5, 0.6) is 0 Å². The summed E-state index contributed by atoms with van der Waals surface area (Å²) in [5.41, 5.74) is 0.966. The third-order valence-electron chi connectivity index (χ3n) is 2.20. The predicted octanol–water partition coefficient (Wildman–Crippen LogP) is 1.53. The number of carbonyl (C=O) groups is 2. The normalized spacial score (nSPS) is 10.1. The molecule has 0 radical (unpaired) electrons. The van der Waals surface area contributed by atoms with Gasteiger partial charge in [-0.15, -0.1) is 0 Å². The topological polar surface area (TPSA) is 66.4 Å². The minimum atomic E-state index is -1.55. The Morgan fingerprint density at radius 2 is 2.12 bits per heavy atom. The van der Waals surface area contributed by atoms with Crippen LogP contribution in [0.15, 0.2) is 12.1 Å². The molecule has 2 N–H and O–H groups in total. The van der Waals surface area contributed by atoms with Gasteiger partial charge in [0, 0.05) is 11.6 Å². The number of aryl methyl sites for hydroxylation is 1. The first-order chi connectivity index (χ1) is 7.91. The lowest BCUT2D eigenvalue weighted by molar-refractivity contribution is -0.150. The number of halogens is 2. The second-order valence-corrected chi connectivity index (χ2v) is 3.91. The molecule has 4 nitrogen and oxygen atoms in total. The van der Waals surface area contributed by atoms with Crippen molar-refractivity contribution in [3.05, 3.63) is 34.1 Å². The number of nitrogens with one attached hydrogen (secondary N) is 1. The molecule has 1 amide bonds. The van der Waals surface area contributed by atoms with E-state index in [1.54, 1.807) is 6.92 Å². The number of benzene rings is 1. The van der Waals surface area contributed by atoms with Gasteiger partial charge in [0.05, 0.1) is 0 Å². The van der Waals surface area contributed by atoms with Gasteiger partial charge in [0.1, 0.15) is 5.82 Å². The summed E-state index contributed by atoms with van der Waals surface area (Å²) < 4.78 is 13.2. The smallest absolute Gasteiger partial charge is 0.394 e. The van der Waals surface area contributed by atoms with Gasteiger partial charge in [-0.3, -0.25) is 4.79 Å². The highest BCUT2D eigenvalue weighted by molar-refractivity contribution is 6.32. The first-order valence-electron chi connectivity index (χ1n) is 4.87. The van der Waals surface area contributed by atoms with Crippen molar-refractivity contribution >= 4 is 23.5 Å². The number of carboxylic acids is 1. The molecule has 0 aliphatic rings. The first-order valence-corrected chi connectivity index (χ1v) is 5.25. The molecule has 0 aliphatic carbocycles. The van der Waals surface area contributed by atoms with Crippen LogP contribution in [0.1, 0.15) is 11.1 Å². The van der Waals surface area contributed by atoms with Gasteiger partial charge >= 0.3 is 11.9 Å². The van der Waals surface area contributed by atoms with Crippen molar-refractivity contribution in [1.29, 1.82) is 0 Å². The molecule has 1 aromatic carbocycles. The zero-order valence-electron chi connectivity index (χ0n) is 9.09. The molecule has 17 heavy (non-hydrogen) atoms. The van der Waals surface area contributed by atoms with E-state index < -0.39 is 11.9 Å². The van der Waals surface area contributed by atoms with Crippen LogP contribution in [0.2, 0.25) is 5.02 Å². The van der Waals surface area contributed by atoms with Crippen molar-refractivity contribution in [1.82, 2.24) is 5.32 Å². The highest BCUT2D eigenvalue weighted by Crippen LogP contribution is 2.20. The van der Waals surface area contributed by atoms with Crippen molar-refractivity contribution < 1.29 is 19.1 Å². The summed E-state index contributed by atoms with van der Waals surface area (Å²) in [7, 11) is 0. The van der Waals surface area contributed by atoms with Gasteiger partial charge in [-0.2, -0.15) is 0 Å². The number of rotatable bonds is 3. The van der Waals surface area contributed by atoms with Crippen LogP contribution in [-0.4, -0.2) is 23.5 Å². The van der Waals surface area contributed by atoms with Gasteiger partial charge in [0.15, 0.2) is 0 Å². The largest absolute Gasteiger partial charge is 0.474 e. The number of hydrogen-bond donors (Lipinski definition) is 2. The Kier molecular flexibility index (Phi) is 4.45. The standard InChI is InChI=1S/C11H11ClFNO3/c1-6-4-8(12)7(5-9(6)13)2-3-14-10(15)11(16)17/h4-5H,2-3H2,1H3,(H,14,15)(H,16,17). The number of hydrogen-bond acceptors (Lipinski definition) is 2. The zero-order chi connectivity index (χ0) is 13.0. The molecule has 1 rings (SSSR count). The average Bonchev–Trinajstić information content (AvgIpc) is 2.25. The Morgan fingerprint density at radius 3 is 2.71 bits per heavy atom. The molecular formula is C11H11ClFNO3. The lowest BCUT2D eigenvalue weighted by Gasteiger charge is -2.07. The average molecular weight is 260 g/mol. The molecule has 92 valence electrons. The van der Waals surface area contributed by atoms with Crippen molar-refractivity contribution in [2.24, 2.45) is 0 Å². The molecule has 0 aromatic heterocycles. The van der Waals surface area contributed by atoms with E-state index in [4.69, 9.17) is 16.7 Å². The maximum Gasteiger partial charge on any atom is 0.394 e. The maximum atomic E-state index is 13.2. The van der Waals surface area contributed by atoms with Crippen LogP contribution in [0, 0.1) is 12.7 Å². The summed E-state index contributed by atoms with van der Waals surface area (Å²) in [5.74, 6) is -3.02. The fraction of sp³-hybridized carbons (Fsp3) is 0.273. The molecule has 6 heteroatoms. The number of carbonyl (C=O) groups excluding carboxylic acids is 1. The molecule has 0 saturated carbocycles. The Hall–Kier alpha value is -1.62. The lowest BCUT2D eigenvalue weighted by Crippen LogP contribution is -2.32. The van der Waals surface area contributed by atoms with Crippen molar-refractivity contribution in [2.45, 2.75) is 13.3 Å². The maximum absolute atomic E-state index is 13.2. The summed E-state index contributed by atoms with van der Waals surface area (Å²) in [4.78, 5) is 20.9. The summed E-state index contributed by atoms with van der Waals surface area (Å²) >= 11 is 5.88. The SMILES string of the molecule is Cc1cc(Cl)c(CCNC(=O)C(=O)O)cc1F. The Bertz CT molecular complexity index is 462. The molecular weight excluding hydrogens is 249 g/mol. The second-order valence-electron chi connectivity index (χ2n) is 3.50. The van der Waals surface area contributed by atoms with Gasteiger partial charge < -0.3 is 10.4 Å². The molecule has 0 unspecified atom stereocenters. The van der Waals surface area contributed by atoms with Crippen LogP contribution in [0.25, 0.3) is 0 Å². The summed E-state index contributed by atoms with van der Waals surface area (Å²) in [5, 5.41) is 10.9. The fourth-order valence-corrected chi connectivity index (χ4v) is 1.58. The molecule has 0 atom stereocenters. The molecule has 0 heterocycles. The quantitative estimate of drug-likeness (QED) is 0.809. The fourth-order valence-electron chi connectivity index (χ4n) is 1.27. The van der Waals surface area contributed by atoms with E-state index >= 15 is 0 Å². The van der Waals surface area contributed by atoms with E-state index in [2.05, 4.69) is 5.32 Å². The first kappa shape index (κ1) is 13.4. The number of amides is 1. The van der Waals surface area contributed by atoms with Crippen molar-refractivity contribution in [3.8, 4) is 0 Å². The Balaban J connectivity index is 2.61. The summed E-state index contributed by atoms with van der Waals surface area (Å²) in [6.07, 6.45) is 0.273. The van der Waals surface area contributed by atoms with E-state index in [1.807, 2.05) is 0 Å². The number of carboxylic acid groups (broad SMARTS) is 1. The third-order valence-corrected chi connectivity index (χ3v) is 2.55. The third kappa shape index (κ3) is 3.71. The Morgan fingerprint density at radius 1 is 1.47 bits per heavy atom. The monoisotopic (exact) mass is 259 g/mol. The molecule has 0 fully saturated rings. The molecule has 1 aromatic rings. The Labute approximate surface area is 102 Å². The molecule has 0 spiro atoms. The van der Waals surface area contributed by atoms with Crippen LogP contribution >= 0.6 is 11.6 Å². The van der Waals surface area contributed by atoms with E-state index in [0.29, 0.717) is 16.1 Å². The van der Waals surface area contributed by atoms with Crippen molar-refractivity contribution in [3.63, 3.8) is 0 Å². The van der Waals surface area contributed by atoms with Crippen molar-refractivity contribution in [2.75, 3.05) is 6.54 Å². The highest BCUT2D eigenvalue weighted by Gasteiger charge is 2.10. The van der Waals surface area contributed by atoms with Gasteiger partial charge in [-0.05, 0) is 36.6 Å². The molecule has 0 bridgehead atoms. The van der Waals surface area contributed by atoms with E-state index in [1.165, 1.54) is 12.1 Å². The number of aliphatic carboxylic acids is 1. The minimum Gasteiger partial charge on any atom is -0.474 e. The van der Waals surface area contributed by atoms with Crippen LogP contribution in [0.3, 0.4) is 0 Å². The van der Waals surface area contributed by atoms with E-state index in [0.717, 1.165) is 0 Å². The zero-order valence-corrected chi connectivity index (χ0v) is 9.84. The van der Waals surface area contributed by atoms with Crippen LogP contribution in [-0.2, 0) is 16.0 Å². The van der Waals surface area contributed by atoms with E-state index in [9.17, 15) is 14.0 Å². The molecule has 0 saturated heterocycles.